The Balaban J connectivity index is 1.89. The average Bonchev–Trinajstić information content (AvgIpc) is 2.87. The topological polar surface area (TPSA) is 107 Å². The Labute approximate surface area is 205 Å². The summed E-state index contributed by atoms with van der Waals surface area (Å²) in [6.45, 7) is 1.39. The van der Waals surface area contributed by atoms with Crippen molar-refractivity contribution >= 4 is 27.8 Å². The van der Waals surface area contributed by atoms with Gasteiger partial charge in [0.15, 0.2) is 11.5 Å². The van der Waals surface area contributed by atoms with E-state index in [0.29, 0.717) is 22.7 Å². The van der Waals surface area contributed by atoms with E-state index < -0.39 is 22.5 Å². The molecule has 0 radical (unpaired) electrons. The van der Waals surface area contributed by atoms with Gasteiger partial charge in [-0.05, 0) is 43.3 Å². The molecule has 9 nitrogen and oxygen atoms in total. The molecule has 0 aliphatic heterocycles. The summed E-state index contributed by atoms with van der Waals surface area (Å²) in [7, 11) is 0.264. The number of hydrazone groups is 1. The van der Waals surface area contributed by atoms with E-state index >= 15 is 0 Å². The molecule has 1 N–H and O–H groups in total. The summed E-state index contributed by atoms with van der Waals surface area (Å²) in [6, 6.07) is 18.2. The molecule has 0 fully saturated rings. The Bertz CT molecular complexity index is 1310. The third-order valence-corrected chi connectivity index (χ3v) is 6.85. The van der Waals surface area contributed by atoms with Gasteiger partial charge in [0.25, 0.3) is 15.9 Å². The van der Waals surface area contributed by atoms with Gasteiger partial charge in [-0.2, -0.15) is 5.10 Å². The van der Waals surface area contributed by atoms with Crippen LogP contribution in [-0.4, -0.2) is 48.4 Å². The molecule has 0 saturated carbocycles. The number of rotatable bonds is 10. The fourth-order valence-electron chi connectivity index (χ4n) is 3.24. The SMILES string of the molecule is COc1ccccc1/C=N\NC(=O)CN(c1ccc(C)cc1)S(=O)(=O)c1ccc(OC)c(OC)c1. The smallest absolute Gasteiger partial charge is 0.264 e. The maximum atomic E-state index is 13.6. The molecule has 3 aromatic carbocycles. The number of aryl methyl sites for hydroxylation is 1. The molecule has 0 aliphatic rings. The van der Waals surface area contributed by atoms with Crippen LogP contribution in [-0.2, 0) is 14.8 Å². The minimum Gasteiger partial charge on any atom is -0.496 e. The number of nitrogens with zero attached hydrogens (tertiary/aromatic N) is 2. The summed E-state index contributed by atoms with van der Waals surface area (Å²) in [5, 5.41) is 3.95. The lowest BCUT2D eigenvalue weighted by atomic mass is 10.2. The van der Waals surface area contributed by atoms with Gasteiger partial charge < -0.3 is 14.2 Å². The lowest BCUT2D eigenvalue weighted by Gasteiger charge is -2.24. The highest BCUT2D eigenvalue weighted by molar-refractivity contribution is 7.92. The molecule has 1 amide bonds. The van der Waals surface area contributed by atoms with E-state index in [2.05, 4.69) is 10.5 Å². The van der Waals surface area contributed by atoms with Gasteiger partial charge in [-0.1, -0.05) is 29.8 Å². The van der Waals surface area contributed by atoms with Gasteiger partial charge in [0.2, 0.25) is 0 Å². The van der Waals surface area contributed by atoms with Gasteiger partial charge in [-0.15, -0.1) is 0 Å². The zero-order valence-corrected chi connectivity index (χ0v) is 20.7. The highest BCUT2D eigenvalue weighted by Crippen LogP contribution is 2.32. The van der Waals surface area contributed by atoms with Crippen molar-refractivity contribution in [3.05, 3.63) is 77.9 Å². The van der Waals surface area contributed by atoms with Crippen molar-refractivity contribution in [2.45, 2.75) is 11.8 Å². The third kappa shape index (κ3) is 6.10. The number of anilines is 1. The summed E-state index contributed by atoms with van der Waals surface area (Å²) in [4.78, 5) is 12.7. The zero-order valence-electron chi connectivity index (χ0n) is 19.9. The highest BCUT2D eigenvalue weighted by atomic mass is 32.2. The predicted molar refractivity (Wildman–Crippen MR) is 134 cm³/mol. The van der Waals surface area contributed by atoms with Crippen molar-refractivity contribution in [1.82, 2.24) is 5.43 Å². The van der Waals surface area contributed by atoms with Gasteiger partial charge in [0.05, 0.1) is 38.1 Å². The monoisotopic (exact) mass is 497 g/mol. The average molecular weight is 498 g/mol. The summed E-state index contributed by atoms with van der Waals surface area (Å²) in [5.41, 5.74) is 4.31. The number of hydrogen-bond donors (Lipinski definition) is 1. The fourth-order valence-corrected chi connectivity index (χ4v) is 4.68. The van der Waals surface area contributed by atoms with Gasteiger partial charge in [-0.25, -0.2) is 13.8 Å². The number of carbonyl (C=O) groups excluding carboxylic acids is 1. The minimum atomic E-state index is -4.14. The first-order valence-corrected chi connectivity index (χ1v) is 12.0. The number of sulfonamides is 1. The zero-order chi connectivity index (χ0) is 25.4. The molecule has 0 aromatic heterocycles. The number of carbonyl (C=O) groups is 1. The normalized spacial score (nSPS) is 11.2. The first-order chi connectivity index (χ1) is 16.8. The Morgan fingerprint density at radius 3 is 2.23 bits per heavy atom. The lowest BCUT2D eigenvalue weighted by molar-refractivity contribution is -0.119. The van der Waals surface area contributed by atoms with Crippen LogP contribution >= 0.6 is 0 Å². The first kappa shape index (κ1) is 25.6. The van der Waals surface area contributed by atoms with Gasteiger partial charge in [-0.3, -0.25) is 9.10 Å². The van der Waals surface area contributed by atoms with Crippen LogP contribution in [0.2, 0.25) is 0 Å². The van der Waals surface area contributed by atoms with Gasteiger partial charge in [0.1, 0.15) is 12.3 Å². The molecule has 0 atom stereocenters. The molecule has 0 saturated heterocycles. The van der Waals surface area contributed by atoms with Crippen LogP contribution in [0, 0.1) is 6.92 Å². The summed E-state index contributed by atoms with van der Waals surface area (Å²) in [5.74, 6) is 0.601. The summed E-state index contributed by atoms with van der Waals surface area (Å²) in [6.07, 6.45) is 1.43. The van der Waals surface area contributed by atoms with Gasteiger partial charge >= 0.3 is 0 Å². The molecule has 3 rings (SSSR count). The molecule has 184 valence electrons. The number of methoxy groups -OCH3 is 3. The van der Waals surface area contributed by atoms with Crippen molar-refractivity contribution in [2.75, 3.05) is 32.2 Å². The molecule has 0 heterocycles. The van der Waals surface area contributed by atoms with Crippen molar-refractivity contribution < 1.29 is 27.4 Å². The number of ether oxygens (including phenoxy) is 3. The summed E-state index contributed by atoms with van der Waals surface area (Å²) >= 11 is 0. The highest BCUT2D eigenvalue weighted by Gasteiger charge is 2.28. The molecule has 0 bridgehead atoms. The van der Waals surface area contributed by atoms with Crippen molar-refractivity contribution in [2.24, 2.45) is 5.10 Å². The maximum absolute atomic E-state index is 13.6. The maximum Gasteiger partial charge on any atom is 0.264 e. The molecule has 0 aliphatic carbocycles. The summed E-state index contributed by atoms with van der Waals surface area (Å²) < 4.78 is 43.9. The Hall–Kier alpha value is -4.05. The van der Waals surface area contributed by atoms with Crippen molar-refractivity contribution in [1.29, 1.82) is 0 Å². The fraction of sp³-hybridized carbons (Fsp3) is 0.200. The molecular formula is C25H27N3O6S. The second-order valence-corrected chi connectivity index (χ2v) is 9.26. The number of amides is 1. The Morgan fingerprint density at radius 1 is 0.914 bits per heavy atom. The van der Waals surface area contributed by atoms with E-state index in [9.17, 15) is 13.2 Å². The van der Waals surface area contributed by atoms with Crippen LogP contribution in [0.5, 0.6) is 17.2 Å². The standard InChI is InChI=1S/C25H27N3O6S/c1-18-9-11-20(12-10-18)28(35(30,31)21-13-14-23(33-3)24(15-21)34-4)17-25(29)27-26-16-19-7-5-6-8-22(19)32-2/h5-16H,17H2,1-4H3,(H,27,29)/b26-16-. The molecule has 35 heavy (non-hydrogen) atoms. The van der Waals surface area contributed by atoms with Crippen LogP contribution in [0.4, 0.5) is 5.69 Å². The lowest BCUT2D eigenvalue weighted by Crippen LogP contribution is -2.39. The van der Waals surface area contributed by atoms with Crippen LogP contribution in [0.1, 0.15) is 11.1 Å². The van der Waals surface area contributed by atoms with Crippen molar-refractivity contribution in [3.8, 4) is 17.2 Å². The molecule has 0 spiro atoms. The van der Waals surface area contributed by atoms with Crippen LogP contribution in [0.25, 0.3) is 0 Å². The number of para-hydroxylation sites is 1. The minimum absolute atomic E-state index is 0.0546. The van der Waals surface area contributed by atoms with E-state index in [-0.39, 0.29) is 10.6 Å². The van der Waals surface area contributed by atoms with E-state index in [4.69, 9.17) is 14.2 Å². The second kappa shape index (κ2) is 11.4. The number of hydrogen-bond acceptors (Lipinski definition) is 7. The van der Waals surface area contributed by atoms with E-state index in [1.165, 1.54) is 45.7 Å². The molecule has 10 heteroatoms. The Morgan fingerprint density at radius 2 is 1.57 bits per heavy atom. The molecule has 3 aromatic rings. The van der Waals surface area contributed by atoms with E-state index in [0.717, 1.165) is 9.87 Å². The quantitative estimate of drug-likeness (QED) is 0.340. The number of benzene rings is 3. The largest absolute Gasteiger partial charge is 0.496 e. The van der Waals surface area contributed by atoms with E-state index in [1.54, 1.807) is 42.5 Å². The predicted octanol–water partition coefficient (Wildman–Crippen LogP) is 3.37. The van der Waals surface area contributed by atoms with Gasteiger partial charge in [0, 0.05) is 11.6 Å². The van der Waals surface area contributed by atoms with Crippen LogP contribution in [0.15, 0.2) is 76.7 Å². The molecule has 0 unspecified atom stereocenters. The first-order valence-electron chi connectivity index (χ1n) is 10.6. The van der Waals surface area contributed by atoms with E-state index in [1.807, 2.05) is 13.0 Å². The Kier molecular flexibility index (Phi) is 8.32. The van der Waals surface area contributed by atoms with Crippen molar-refractivity contribution in [3.63, 3.8) is 0 Å². The molecular weight excluding hydrogens is 470 g/mol. The van der Waals surface area contributed by atoms with Crippen LogP contribution < -0.4 is 23.9 Å². The van der Waals surface area contributed by atoms with Crippen LogP contribution in [0.3, 0.4) is 0 Å². The number of nitrogens with one attached hydrogen (secondary N) is 1. The second-order valence-electron chi connectivity index (χ2n) is 7.40. The third-order valence-electron chi connectivity index (χ3n) is 5.08.